The lowest BCUT2D eigenvalue weighted by atomic mass is 9.84. The van der Waals surface area contributed by atoms with E-state index in [9.17, 15) is 0 Å². The molecule has 0 saturated carbocycles. The molecular formula is C14H21NO2. The lowest BCUT2D eigenvalue weighted by Gasteiger charge is -2.22. The van der Waals surface area contributed by atoms with Gasteiger partial charge in [-0.2, -0.15) is 5.48 Å². The van der Waals surface area contributed by atoms with E-state index in [1.165, 1.54) is 16.7 Å². The van der Waals surface area contributed by atoms with Crippen LogP contribution in [0.2, 0.25) is 0 Å². The lowest BCUT2D eigenvalue weighted by Crippen LogP contribution is -2.21. The summed E-state index contributed by atoms with van der Waals surface area (Å²) in [6.45, 7) is 9.37. The highest BCUT2D eigenvalue weighted by atomic mass is 16.6. The topological polar surface area (TPSA) is 30.5 Å². The predicted molar refractivity (Wildman–Crippen MR) is 68.3 cm³/mol. The number of nitrogens with one attached hydrogen (secondary N) is 1. The first-order valence-corrected chi connectivity index (χ1v) is 6.00. The number of benzene rings is 1. The molecule has 3 heteroatoms. The molecule has 0 spiro atoms. The van der Waals surface area contributed by atoms with Crippen molar-refractivity contribution in [3.8, 4) is 5.75 Å². The van der Waals surface area contributed by atoms with Crippen molar-refractivity contribution in [1.29, 1.82) is 0 Å². The third-order valence-corrected chi connectivity index (χ3v) is 3.23. The molecule has 3 nitrogen and oxygen atoms in total. The average Bonchev–Trinajstić information content (AvgIpc) is 2.62. The number of fused-ring (bicyclic) bond motifs is 1. The fraction of sp³-hybridized carbons (Fsp3) is 0.571. The number of hydrogen-bond donors (Lipinski definition) is 1. The van der Waals surface area contributed by atoms with Crippen LogP contribution in [0.4, 0.5) is 0 Å². The van der Waals surface area contributed by atoms with Crippen LogP contribution in [0.1, 0.15) is 43.5 Å². The van der Waals surface area contributed by atoms with Gasteiger partial charge in [-0.15, -0.1) is 0 Å². The van der Waals surface area contributed by atoms with Gasteiger partial charge in [0.05, 0.1) is 13.2 Å². The van der Waals surface area contributed by atoms with Gasteiger partial charge in [-0.25, -0.2) is 0 Å². The fourth-order valence-electron chi connectivity index (χ4n) is 2.36. The molecule has 0 saturated heterocycles. The zero-order chi connectivity index (χ0) is 12.6. The van der Waals surface area contributed by atoms with Crippen molar-refractivity contribution in [1.82, 2.24) is 5.48 Å². The van der Waals surface area contributed by atoms with E-state index in [0.29, 0.717) is 6.61 Å². The second kappa shape index (κ2) is 4.31. The fourth-order valence-corrected chi connectivity index (χ4v) is 2.36. The zero-order valence-electron chi connectivity index (χ0n) is 11.3. The van der Waals surface area contributed by atoms with E-state index in [0.717, 1.165) is 5.75 Å². The molecule has 0 radical (unpaired) electrons. The minimum Gasteiger partial charge on any atom is -0.491 e. The van der Waals surface area contributed by atoms with Gasteiger partial charge in [-0.3, -0.25) is 0 Å². The Balaban J connectivity index is 2.50. The summed E-state index contributed by atoms with van der Waals surface area (Å²) in [5, 5.41) is 0. The summed E-state index contributed by atoms with van der Waals surface area (Å²) in [7, 11) is 1.64. The monoisotopic (exact) mass is 235 g/mol. The Labute approximate surface area is 103 Å². The molecule has 17 heavy (non-hydrogen) atoms. The predicted octanol–water partition coefficient (Wildman–Crippen LogP) is 2.88. The molecule has 2 rings (SSSR count). The molecule has 0 aliphatic carbocycles. The normalized spacial score (nSPS) is 19.0. The Morgan fingerprint density at radius 2 is 2.06 bits per heavy atom. The van der Waals surface area contributed by atoms with Crippen LogP contribution in [-0.2, 0) is 10.3 Å². The maximum absolute atomic E-state index is 5.86. The molecule has 0 fully saturated rings. The Morgan fingerprint density at radius 3 is 2.65 bits per heavy atom. The number of aryl methyl sites for hydroxylation is 1. The second-order valence-corrected chi connectivity index (χ2v) is 5.61. The van der Waals surface area contributed by atoms with Gasteiger partial charge in [-0.05, 0) is 23.5 Å². The Hall–Kier alpha value is -1.06. The van der Waals surface area contributed by atoms with Crippen molar-refractivity contribution >= 4 is 0 Å². The van der Waals surface area contributed by atoms with Crippen molar-refractivity contribution in [2.24, 2.45) is 0 Å². The van der Waals surface area contributed by atoms with Crippen LogP contribution in [0.25, 0.3) is 0 Å². The van der Waals surface area contributed by atoms with Crippen LogP contribution in [0.3, 0.4) is 0 Å². The molecule has 1 aliphatic rings. The van der Waals surface area contributed by atoms with Crippen molar-refractivity contribution in [3.05, 3.63) is 28.8 Å². The maximum Gasteiger partial charge on any atom is 0.128 e. The van der Waals surface area contributed by atoms with Crippen LogP contribution in [0.5, 0.6) is 5.75 Å². The largest absolute Gasteiger partial charge is 0.491 e. The standard InChI is InChI=1S/C14H21NO2/c1-9-6-7-10(14(2,3)4)13-12(9)11(8-17-13)15-16-5/h6-7,11,15H,8H2,1-5H3. The highest BCUT2D eigenvalue weighted by molar-refractivity contribution is 5.52. The van der Waals surface area contributed by atoms with Crippen LogP contribution in [-0.4, -0.2) is 13.7 Å². The van der Waals surface area contributed by atoms with E-state index >= 15 is 0 Å². The van der Waals surface area contributed by atoms with E-state index in [1.54, 1.807) is 7.11 Å². The molecule has 0 bridgehead atoms. The van der Waals surface area contributed by atoms with Crippen LogP contribution in [0, 0.1) is 6.92 Å². The number of hydroxylamine groups is 1. The van der Waals surface area contributed by atoms with E-state index < -0.39 is 0 Å². The van der Waals surface area contributed by atoms with Gasteiger partial charge in [0.2, 0.25) is 0 Å². The Morgan fingerprint density at radius 1 is 1.35 bits per heavy atom. The molecule has 1 heterocycles. The Bertz CT molecular complexity index is 421. The first kappa shape index (κ1) is 12.4. The highest BCUT2D eigenvalue weighted by Gasteiger charge is 2.31. The molecule has 0 amide bonds. The summed E-state index contributed by atoms with van der Waals surface area (Å²) >= 11 is 0. The molecule has 1 aromatic carbocycles. The third-order valence-electron chi connectivity index (χ3n) is 3.23. The van der Waals surface area contributed by atoms with Crippen LogP contribution >= 0.6 is 0 Å². The van der Waals surface area contributed by atoms with Crippen molar-refractivity contribution in [2.45, 2.75) is 39.2 Å². The zero-order valence-corrected chi connectivity index (χ0v) is 11.3. The van der Waals surface area contributed by atoms with Gasteiger partial charge >= 0.3 is 0 Å². The molecule has 1 unspecified atom stereocenters. The molecule has 1 atom stereocenters. The summed E-state index contributed by atoms with van der Waals surface area (Å²) in [5.74, 6) is 1.03. The first-order valence-electron chi connectivity index (χ1n) is 6.00. The Kier molecular flexibility index (Phi) is 3.15. The third kappa shape index (κ3) is 2.17. The summed E-state index contributed by atoms with van der Waals surface area (Å²) in [6.07, 6.45) is 0. The summed E-state index contributed by atoms with van der Waals surface area (Å²) in [4.78, 5) is 5.03. The highest BCUT2D eigenvalue weighted by Crippen LogP contribution is 2.42. The van der Waals surface area contributed by atoms with Gasteiger partial charge in [-0.1, -0.05) is 32.9 Å². The SMILES string of the molecule is CONC1COc2c(C(C)(C)C)ccc(C)c21. The van der Waals surface area contributed by atoms with Crippen molar-refractivity contribution in [2.75, 3.05) is 13.7 Å². The van der Waals surface area contributed by atoms with Gasteiger partial charge in [0.1, 0.15) is 12.4 Å². The van der Waals surface area contributed by atoms with E-state index in [4.69, 9.17) is 9.57 Å². The molecule has 1 N–H and O–H groups in total. The summed E-state index contributed by atoms with van der Waals surface area (Å²) < 4.78 is 5.86. The number of rotatable bonds is 2. The molecule has 1 aromatic rings. The van der Waals surface area contributed by atoms with Gasteiger partial charge < -0.3 is 9.57 Å². The van der Waals surface area contributed by atoms with Crippen LogP contribution in [0.15, 0.2) is 12.1 Å². The number of ether oxygens (including phenoxy) is 1. The van der Waals surface area contributed by atoms with Crippen LogP contribution < -0.4 is 10.2 Å². The van der Waals surface area contributed by atoms with Gasteiger partial charge in [0.15, 0.2) is 0 Å². The quantitative estimate of drug-likeness (QED) is 0.800. The second-order valence-electron chi connectivity index (χ2n) is 5.61. The molecule has 1 aliphatic heterocycles. The first-order chi connectivity index (χ1) is 7.95. The van der Waals surface area contributed by atoms with Gasteiger partial charge in [0.25, 0.3) is 0 Å². The van der Waals surface area contributed by atoms with Crippen molar-refractivity contribution in [3.63, 3.8) is 0 Å². The number of hydrogen-bond acceptors (Lipinski definition) is 3. The summed E-state index contributed by atoms with van der Waals surface area (Å²) in [5.41, 5.74) is 6.84. The molecule has 94 valence electrons. The molecular weight excluding hydrogens is 214 g/mol. The summed E-state index contributed by atoms with van der Waals surface area (Å²) in [6, 6.07) is 4.47. The minimum absolute atomic E-state index is 0.0970. The lowest BCUT2D eigenvalue weighted by molar-refractivity contribution is 0.0534. The van der Waals surface area contributed by atoms with E-state index in [2.05, 4.69) is 45.3 Å². The van der Waals surface area contributed by atoms with E-state index in [1.807, 2.05) is 0 Å². The average molecular weight is 235 g/mol. The van der Waals surface area contributed by atoms with Gasteiger partial charge in [0, 0.05) is 5.56 Å². The smallest absolute Gasteiger partial charge is 0.128 e. The van der Waals surface area contributed by atoms with E-state index in [-0.39, 0.29) is 11.5 Å². The minimum atomic E-state index is 0.0970. The van der Waals surface area contributed by atoms with Crippen molar-refractivity contribution < 1.29 is 9.57 Å². The molecule has 0 aromatic heterocycles. The maximum atomic E-state index is 5.86.